The summed E-state index contributed by atoms with van der Waals surface area (Å²) in [6, 6.07) is 10.8. The van der Waals surface area contributed by atoms with Crippen LogP contribution < -0.4 is 10.1 Å². The Bertz CT molecular complexity index is 1680. The maximum Gasteiger partial charge on any atom is 0.310 e. The number of carbonyl (C=O) groups excluding carboxylic acids is 2. The zero-order valence-corrected chi connectivity index (χ0v) is 30.2. The summed E-state index contributed by atoms with van der Waals surface area (Å²) in [5.74, 6) is -0.152. The molecule has 3 aromatic rings. The lowest BCUT2D eigenvalue weighted by atomic mass is 9.95. The molecule has 3 heterocycles. The Balaban J connectivity index is 1.44. The van der Waals surface area contributed by atoms with E-state index in [4.69, 9.17) is 4.74 Å². The number of likely N-dealkylation sites (tertiary alicyclic amines) is 1. The van der Waals surface area contributed by atoms with Crippen LogP contribution in [0.1, 0.15) is 81.2 Å². The van der Waals surface area contributed by atoms with Crippen molar-refractivity contribution in [3.05, 3.63) is 94.8 Å². The van der Waals surface area contributed by atoms with Crippen LogP contribution in [0.5, 0.6) is 5.75 Å². The number of carboxylic acid groups (broad SMARTS) is 1. The highest BCUT2D eigenvalue weighted by Gasteiger charge is 2.39. The summed E-state index contributed by atoms with van der Waals surface area (Å²) in [5.41, 5.74) is 3.28. The van der Waals surface area contributed by atoms with Gasteiger partial charge in [-0.2, -0.15) is 0 Å². The number of aromatic nitrogens is 2. The largest absolute Gasteiger partial charge is 0.494 e. The Labute approximate surface area is 293 Å². The van der Waals surface area contributed by atoms with Crippen molar-refractivity contribution in [1.82, 2.24) is 20.2 Å². The predicted molar refractivity (Wildman–Crippen MR) is 196 cm³/mol. The minimum Gasteiger partial charge on any atom is -0.494 e. The minimum atomic E-state index is -0.929. The van der Waals surface area contributed by atoms with Crippen molar-refractivity contribution >= 4 is 34.7 Å². The van der Waals surface area contributed by atoms with Gasteiger partial charge in [-0.3, -0.25) is 14.4 Å². The Morgan fingerprint density at radius 1 is 1.06 bits per heavy atom. The molecule has 1 atom stereocenters. The normalized spacial score (nSPS) is 14.7. The van der Waals surface area contributed by atoms with Crippen LogP contribution >= 0.6 is 11.3 Å². The molecule has 0 spiro atoms. The molecule has 49 heavy (non-hydrogen) atoms. The lowest BCUT2D eigenvalue weighted by Gasteiger charge is -2.39. The maximum atomic E-state index is 13.5. The number of carboxylic acids is 1. The van der Waals surface area contributed by atoms with E-state index in [0.717, 1.165) is 40.2 Å². The van der Waals surface area contributed by atoms with Gasteiger partial charge in [-0.1, -0.05) is 77.1 Å². The molecule has 1 aliphatic rings. The first kappa shape index (κ1) is 37.3. The molecule has 1 aliphatic heterocycles. The number of amides is 2. The van der Waals surface area contributed by atoms with Crippen molar-refractivity contribution in [2.75, 3.05) is 19.7 Å². The van der Waals surface area contributed by atoms with Crippen LogP contribution in [-0.2, 0) is 15.0 Å². The topological polar surface area (TPSA) is 122 Å². The summed E-state index contributed by atoms with van der Waals surface area (Å²) in [7, 11) is 0. The maximum absolute atomic E-state index is 13.5. The Hall–Kier alpha value is -4.57. The van der Waals surface area contributed by atoms with Crippen LogP contribution in [-0.4, -0.2) is 63.5 Å². The van der Waals surface area contributed by atoms with Gasteiger partial charge < -0.3 is 20.1 Å². The second kappa shape index (κ2) is 16.7. The highest BCUT2D eigenvalue weighted by molar-refractivity contribution is 7.14. The van der Waals surface area contributed by atoms with Crippen molar-refractivity contribution in [3.63, 3.8) is 0 Å². The van der Waals surface area contributed by atoms with Gasteiger partial charge in [-0.15, -0.1) is 11.3 Å². The fourth-order valence-corrected chi connectivity index (χ4v) is 6.20. The molecule has 9 nitrogen and oxygen atoms in total. The van der Waals surface area contributed by atoms with Crippen molar-refractivity contribution in [2.24, 2.45) is 11.8 Å². The third-order valence-corrected chi connectivity index (χ3v) is 9.81. The summed E-state index contributed by atoms with van der Waals surface area (Å²) in [6.45, 7) is 17.4. The SMILES string of the molecule is C=C/C(=C\C=C(/C)C[C@H](NC(=O)c1ccc(C(C)(C)C)s1)C(=O)N1CC(C(=O)O)C1)c1ncc(-c2ccc(OCCCC(C)C)cc2)cn1. The van der Waals surface area contributed by atoms with Crippen LogP contribution in [0.4, 0.5) is 0 Å². The summed E-state index contributed by atoms with van der Waals surface area (Å²) in [4.78, 5) is 50.3. The van der Waals surface area contributed by atoms with E-state index in [9.17, 15) is 19.5 Å². The van der Waals surface area contributed by atoms with E-state index in [2.05, 4.69) is 56.5 Å². The zero-order chi connectivity index (χ0) is 35.7. The lowest BCUT2D eigenvalue weighted by Crippen LogP contribution is -2.58. The fraction of sp³-hybridized carbons (Fsp3) is 0.410. The van der Waals surface area contributed by atoms with Gasteiger partial charge in [-0.05, 0) is 67.3 Å². The first-order valence-corrected chi connectivity index (χ1v) is 17.5. The molecule has 0 aliphatic carbocycles. The molecule has 0 bridgehead atoms. The Morgan fingerprint density at radius 2 is 1.73 bits per heavy atom. The van der Waals surface area contributed by atoms with E-state index in [1.165, 1.54) is 16.2 Å². The smallest absolute Gasteiger partial charge is 0.310 e. The quantitative estimate of drug-likeness (QED) is 0.125. The van der Waals surface area contributed by atoms with E-state index < -0.39 is 17.9 Å². The molecule has 260 valence electrons. The molecular weight excluding hydrogens is 637 g/mol. The lowest BCUT2D eigenvalue weighted by molar-refractivity contribution is -0.153. The predicted octanol–water partition coefficient (Wildman–Crippen LogP) is 7.57. The number of ether oxygens (including phenoxy) is 1. The fourth-order valence-electron chi connectivity index (χ4n) is 5.23. The average Bonchev–Trinajstić information content (AvgIpc) is 3.54. The average molecular weight is 685 g/mol. The summed E-state index contributed by atoms with van der Waals surface area (Å²) in [6.07, 6.45) is 11.3. The van der Waals surface area contributed by atoms with Crippen LogP contribution in [0.2, 0.25) is 0 Å². The minimum absolute atomic E-state index is 0.103. The van der Waals surface area contributed by atoms with E-state index in [0.29, 0.717) is 28.8 Å². The van der Waals surface area contributed by atoms with E-state index >= 15 is 0 Å². The van der Waals surface area contributed by atoms with Gasteiger partial charge in [0.1, 0.15) is 11.8 Å². The number of hydrogen-bond donors (Lipinski definition) is 2. The Kier molecular flexibility index (Phi) is 12.7. The highest BCUT2D eigenvalue weighted by atomic mass is 32.1. The third kappa shape index (κ3) is 10.5. The van der Waals surface area contributed by atoms with E-state index in [-0.39, 0.29) is 36.7 Å². The van der Waals surface area contributed by atoms with Crippen LogP contribution in [0.25, 0.3) is 16.7 Å². The standard InChI is InChI=1S/C39H48N4O5S/c1-8-27(35-40-21-29(22-41-35)28-13-15-31(16-14-28)48-19-9-10-25(2)3)12-11-26(4)20-32(37(45)43-23-30(24-43)38(46)47)42-36(44)33-17-18-34(49-33)39(5,6)7/h8,11-18,21-22,25,30,32H,1,9-10,19-20,23-24H2,2-7H3,(H,42,44)(H,46,47)/b26-11+,27-12+/t32-/m0/s1. The number of nitrogens with zero attached hydrogens (tertiary/aromatic N) is 3. The first-order valence-electron chi connectivity index (χ1n) is 16.7. The number of hydrogen-bond acceptors (Lipinski definition) is 7. The van der Waals surface area contributed by atoms with Gasteiger partial charge in [0.15, 0.2) is 5.82 Å². The molecule has 0 saturated carbocycles. The summed E-state index contributed by atoms with van der Waals surface area (Å²) >= 11 is 1.40. The molecule has 4 rings (SSSR count). The molecule has 2 N–H and O–H groups in total. The second-order valence-corrected chi connectivity index (χ2v) is 15.0. The molecule has 1 saturated heterocycles. The molecule has 10 heteroatoms. The summed E-state index contributed by atoms with van der Waals surface area (Å²) in [5, 5.41) is 12.2. The van der Waals surface area contributed by atoms with Gasteiger partial charge in [0.25, 0.3) is 5.91 Å². The number of nitrogens with one attached hydrogen (secondary N) is 1. The molecule has 2 aromatic heterocycles. The molecule has 0 unspecified atom stereocenters. The van der Waals surface area contributed by atoms with Gasteiger partial charge >= 0.3 is 5.97 Å². The van der Waals surface area contributed by atoms with E-state index in [1.807, 2.05) is 49.4 Å². The van der Waals surface area contributed by atoms with Gasteiger partial charge in [0, 0.05) is 41.5 Å². The third-order valence-electron chi connectivity index (χ3n) is 8.30. The molecule has 1 aromatic carbocycles. The highest BCUT2D eigenvalue weighted by Crippen LogP contribution is 2.30. The van der Waals surface area contributed by atoms with Gasteiger partial charge in [0.2, 0.25) is 5.91 Å². The number of carbonyl (C=O) groups is 3. The van der Waals surface area contributed by atoms with Crippen molar-refractivity contribution in [3.8, 4) is 16.9 Å². The monoisotopic (exact) mass is 684 g/mol. The second-order valence-electron chi connectivity index (χ2n) is 14.0. The van der Waals surface area contributed by atoms with Crippen LogP contribution in [0.3, 0.4) is 0 Å². The summed E-state index contributed by atoms with van der Waals surface area (Å²) < 4.78 is 5.86. The van der Waals surface area contributed by atoms with Crippen molar-refractivity contribution in [1.29, 1.82) is 0 Å². The van der Waals surface area contributed by atoms with Gasteiger partial charge in [0.05, 0.1) is 17.4 Å². The Morgan fingerprint density at radius 3 is 2.31 bits per heavy atom. The molecule has 0 radical (unpaired) electrons. The number of aliphatic carboxylic acids is 1. The number of allylic oxidation sites excluding steroid dienone is 4. The number of thiophene rings is 1. The van der Waals surface area contributed by atoms with Crippen molar-refractivity contribution < 1.29 is 24.2 Å². The molecule has 2 amide bonds. The van der Waals surface area contributed by atoms with Crippen LogP contribution in [0.15, 0.2) is 79.2 Å². The van der Waals surface area contributed by atoms with Gasteiger partial charge in [-0.25, -0.2) is 9.97 Å². The number of benzene rings is 1. The van der Waals surface area contributed by atoms with Crippen LogP contribution in [0, 0.1) is 11.8 Å². The molecule has 1 fully saturated rings. The zero-order valence-electron chi connectivity index (χ0n) is 29.4. The van der Waals surface area contributed by atoms with E-state index in [1.54, 1.807) is 24.5 Å². The van der Waals surface area contributed by atoms with Crippen molar-refractivity contribution in [2.45, 2.75) is 72.3 Å². The number of rotatable bonds is 15. The first-order chi connectivity index (χ1) is 23.2. The molecular formula is C39H48N4O5S.